The summed E-state index contributed by atoms with van der Waals surface area (Å²) in [6.07, 6.45) is 0. The van der Waals surface area contributed by atoms with Crippen molar-refractivity contribution < 1.29 is 0 Å². The van der Waals surface area contributed by atoms with E-state index in [4.69, 9.17) is 9.97 Å². The van der Waals surface area contributed by atoms with Gasteiger partial charge >= 0.3 is 0 Å². The summed E-state index contributed by atoms with van der Waals surface area (Å²) in [6.45, 7) is 2.37. The molecule has 2 nitrogen and oxygen atoms in total. The molecule has 0 radical (unpaired) electrons. The van der Waals surface area contributed by atoms with E-state index in [0.717, 1.165) is 33.9 Å². The predicted molar refractivity (Wildman–Crippen MR) is 189 cm³/mol. The highest BCUT2D eigenvalue weighted by Gasteiger charge is 2.42. The van der Waals surface area contributed by atoms with E-state index < -0.39 is 0 Å². The van der Waals surface area contributed by atoms with Crippen LogP contribution in [0.25, 0.3) is 65.2 Å². The normalized spacial score (nSPS) is 15.3. The molecule has 0 saturated carbocycles. The molecular formula is C42H28N2S. The van der Waals surface area contributed by atoms with E-state index in [1.165, 1.54) is 48.0 Å². The zero-order chi connectivity index (χ0) is 30.0. The minimum absolute atomic E-state index is 0.337. The van der Waals surface area contributed by atoms with Crippen molar-refractivity contribution in [3.8, 4) is 45.0 Å². The molecule has 1 atom stereocenters. The fourth-order valence-corrected chi connectivity index (χ4v) is 8.31. The second-order valence-electron chi connectivity index (χ2n) is 11.9. The van der Waals surface area contributed by atoms with Gasteiger partial charge in [-0.15, -0.1) is 11.3 Å². The summed E-state index contributed by atoms with van der Waals surface area (Å²) >= 11 is 1.84. The topological polar surface area (TPSA) is 25.8 Å². The maximum Gasteiger partial charge on any atom is 0.160 e. The second-order valence-corrected chi connectivity index (χ2v) is 13.0. The predicted octanol–water partition coefficient (Wildman–Crippen LogP) is 11.2. The SMILES string of the molecule is CC1(c2ccccc2)c2ccccc2-c2cccc(-c3cc(-c4ccc5sc6ccccc6c5c4)nc(-c4ccccc4)n3)c21. The summed E-state index contributed by atoms with van der Waals surface area (Å²) in [6, 6.07) is 54.3. The third-order valence-corrected chi connectivity index (χ3v) is 10.5. The Morgan fingerprint density at radius 3 is 2.02 bits per heavy atom. The molecule has 0 bridgehead atoms. The van der Waals surface area contributed by atoms with Gasteiger partial charge < -0.3 is 0 Å². The van der Waals surface area contributed by atoms with Crippen molar-refractivity contribution in [3.63, 3.8) is 0 Å². The van der Waals surface area contributed by atoms with Gasteiger partial charge in [0.1, 0.15) is 0 Å². The van der Waals surface area contributed by atoms with Gasteiger partial charge in [-0.25, -0.2) is 9.97 Å². The van der Waals surface area contributed by atoms with Crippen LogP contribution in [0.4, 0.5) is 0 Å². The van der Waals surface area contributed by atoms with Crippen molar-refractivity contribution in [3.05, 3.63) is 168 Å². The Morgan fingerprint density at radius 1 is 0.489 bits per heavy atom. The molecule has 0 saturated heterocycles. The molecule has 0 aliphatic heterocycles. The maximum atomic E-state index is 5.29. The molecule has 45 heavy (non-hydrogen) atoms. The lowest BCUT2D eigenvalue weighted by atomic mass is 9.72. The number of hydrogen-bond acceptors (Lipinski definition) is 3. The average molecular weight is 593 g/mol. The number of fused-ring (bicyclic) bond motifs is 6. The summed E-state index contributed by atoms with van der Waals surface area (Å²) < 4.78 is 2.59. The molecule has 1 unspecified atom stereocenters. The Hall–Kier alpha value is -5.38. The first-order valence-corrected chi connectivity index (χ1v) is 16.2. The van der Waals surface area contributed by atoms with Crippen LogP contribution in [0, 0.1) is 0 Å². The van der Waals surface area contributed by atoms with Crippen molar-refractivity contribution in [2.45, 2.75) is 12.3 Å². The fraction of sp³-hybridized carbons (Fsp3) is 0.0476. The minimum Gasteiger partial charge on any atom is -0.228 e. The van der Waals surface area contributed by atoms with E-state index in [-0.39, 0.29) is 5.41 Å². The first kappa shape index (κ1) is 26.1. The fourth-order valence-electron chi connectivity index (χ4n) is 7.22. The van der Waals surface area contributed by atoms with E-state index in [9.17, 15) is 0 Å². The zero-order valence-corrected chi connectivity index (χ0v) is 25.6. The number of aromatic nitrogens is 2. The van der Waals surface area contributed by atoms with Crippen LogP contribution >= 0.6 is 11.3 Å². The van der Waals surface area contributed by atoms with Crippen molar-refractivity contribution in [1.82, 2.24) is 9.97 Å². The Bertz CT molecular complexity index is 2390. The summed E-state index contributed by atoms with van der Waals surface area (Å²) in [5, 5.41) is 2.55. The van der Waals surface area contributed by atoms with Gasteiger partial charge in [-0.1, -0.05) is 127 Å². The summed E-state index contributed by atoms with van der Waals surface area (Å²) in [4.78, 5) is 10.5. The van der Waals surface area contributed by atoms with Crippen molar-refractivity contribution in [1.29, 1.82) is 0 Å². The van der Waals surface area contributed by atoms with Crippen molar-refractivity contribution >= 4 is 31.5 Å². The third kappa shape index (κ3) is 4.01. The van der Waals surface area contributed by atoms with E-state index in [2.05, 4.69) is 153 Å². The molecule has 1 aliphatic rings. The quantitative estimate of drug-likeness (QED) is 0.203. The van der Waals surface area contributed by atoms with Gasteiger partial charge in [0.25, 0.3) is 0 Å². The van der Waals surface area contributed by atoms with Crippen LogP contribution in [0.1, 0.15) is 23.6 Å². The zero-order valence-electron chi connectivity index (χ0n) is 24.7. The molecule has 0 amide bonds. The van der Waals surface area contributed by atoms with Crippen LogP contribution in [0.2, 0.25) is 0 Å². The number of hydrogen-bond donors (Lipinski definition) is 0. The van der Waals surface area contributed by atoms with Gasteiger partial charge in [-0.2, -0.15) is 0 Å². The molecule has 0 fully saturated rings. The lowest BCUT2D eigenvalue weighted by molar-refractivity contribution is 0.715. The largest absolute Gasteiger partial charge is 0.228 e. The van der Waals surface area contributed by atoms with Gasteiger partial charge in [0, 0.05) is 42.3 Å². The Balaban J connectivity index is 1.31. The molecule has 212 valence electrons. The molecule has 2 aromatic heterocycles. The van der Waals surface area contributed by atoms with E-state index in [1.807, 2.05) is 17.4 Å². The minimum atomic E-state index is -0.337. The number of benzene rings is 6. The molecule has 6 aromatic carbocycles. The average Bonchev–Trinajstić information content (AvgIpc) is 3.62. The Morgan fingerprint density at radius 2 is 1.16 bits per heavy atom. The van der Waals surface area contributed by atoms with E-state index >= 15 is 0 Å². The van der Waals surface area contributed by atoms with Crippen LogP contribution < -0.4 is 0 Å². The summed E-state index contributed by atoms with van der Waals surface area (Å²) in [7, 11) is 0. The molecule has 0 spiro atoms. The third-order valence-electron chi connectivity index (χ3n) is 9.38. The lowest BCUT2D eigenvalue weighted by Crippen LogP contribution is -2.23. The Kier molecular flexibility index (Phi) is 5.84. The number of nitrogens with zero attached hydrogens (tertiary/aromatic N) is 2. The second kappa shape index (κ2) is 10.1. The summed E-state index contributed by atoms with van der Waals surface area (Å²) in [5.74, 6) is 0.730. The summed E-state index contributed by atoms with van der Waals surface area (Å²) in [5.41, 5.74) is 11.2. The first-order chi connectivity index (χ1) is 22.2. The highest BCUT2D eigenvalue weighted by Crippen LogP contribution is 2.55. The Labute approximate surface area is 266 Å². The van der Waals surface area contributed by atoms with Crippen LogP contribution in [0.15, 0.2) is 152 Å². The molecule has 2 heterocycles. The van der Waals surface area contributed by atoms with Gasteiger partial charge in [-0.05, 0) is 59.0 Å². The van der Waals surface area contributed by atoms with Crippen molar-refractivity contribution in [2.75, 3.05) is 0 Å². The van der Waals surface area contributed by atoms with Gasteiger partial charge in [-0.3, -0.25) is 0 Å². The van der Waals surface area contributed by atoms with Crippen LogP contribution in [0.5, 0.6) is 0 Å². The van der Waals surface area contributed by atoms with Gasteiger partial charge in [0.2, 0.25) is 0 Å². The van der Waals surface area contributed by atoms with Gasteiger partial charge in [0.05, 0.1) is 11.4 Å². The number of thiophene rings is 1. The maximum absolute atomic E-state index is 5.29. The van der Waals surface area contributed by atoms with Crippen molar-refractivity contribution in [2.24, 2.45) is 0 Å². The molecule has 9 rings (SSSR count). The molecule has 8 aromatic rings. The van der Waals surface area contributed by atoms with Crippen LogP contribution in [-0.2, 0) is 5.41 Å². The van der Waals surface area contributed by atoms with Crippen LogP contribution in [-0.4, -0.2) is 9.97 Å². The highest BCUT2D eigenvalue weighted by atomic mass is 32.1. The molecule has 3 heteroatoms. The van der Waals surface area contributed by atoms with Gasteiger partial charge in [0.15, 0.2) is 5.82 Å². The van der Waals surface area contributed by atoms with Crippen LogP contribution in [0.3, 0.4) is 0 Å². The smallest absolute Gasteiger partial charge is 0.160 e. The molecule has 1 aliphatic carbocycles. The molecular weight excluding hydrogens is 565 g/mol. The van der Waals surface area contributed by atoms with E-state index in [0.29, 0.717) is 0 Å². The first-order valence-electron chi connectivity index (χ1n) is 15.3. The monoisotopic (exact) mass is 592 g/mol. The lowest BCUT2D eigenvalue weighted by Gasteiger charge is -2.30. The highest BCUT2D eigenvalue weighted by molar-refractivity contribution is 7.25. The molecule has 0 N–H and O–H groups in total. The number of rotatable bonds is 4. The van der Waals surface area contributed by atoms with E-state index in [1.54, 1.807) is 0 Å². The standard InChI is InChI=1S/C42H28N2S/c1-42(29-15-6-3-7-16-29)35-21-10-8-17-30(35)32-19-12-20-33(40(32)42)37-26-36(43-41(44-37)27-13-4-2-5-14-27)28-23-24-39-34(25-28)31-18-9-11-22-38(31)45-39/h2-26H,1H3.